The molecule has 2 fully saturated rings. The molecule has 1 aliphatic carbocycles. The highest BCUT2D eigenvalue weighted by molar-refractivity contribution is 4.85. The number of rotatable bonds is 1. The van der Waals surface area contributed by atoms with Gasteiger partial charge in [0.25, 0.3) is 0 Å². The minimum Gasteiger partial charge on any atom is -0.313 e. The second-order valence-corrected chi connectivity index (χ2v) is 4.58. The highest BCUT2D eigenvalue weighted by Gasteiger charge is 2.28. The normalized spacial score (nSPS) is 37.6. The second kappa shape index (κ2) is 4.41. The zero-order chi connectivity index (χ0) is 9.10. The molecular formula is C11H20FN. The molecule has 0 amide bonds. The highest BCUT2D eigenvalue weighted by atomic mass is 19.1. The molecule has 2 atom stereocenters. The molecule has 0 spiro atoms. The summed E-state index contributed by atoms with van der Waals surface area (Å²) in [5.74, 6) is 0.771. The van der Waals surface area contributed by atoms with E-state index < -0.39 is 6.17 Å². The largest absolute Gasteiger partial charge is 0.313 e. The van der Waals surface area contributed by atoms with E-state index >= 15 is 0 Å². The molecule has 0 aromatic heterocycles. The molecule has 2 aliphatic rings. The van der Waals surface area contributed by atoms with Crippen molar-refractivity contribution in [1.82, 2.24) is 5.32 Å². The quantitative estimate of drug-likeness (QED) is 0.662. The van der Waals surface area contributed by atoms with Crippen molar-refractivity contribution in [3.05, 3.63) is 0 Å². The number of halogens is 1. The van der Waals surface area contributed by atoms with E-state index in [1.807, 2.05) is 0 Å². The van der Waals surface area contributed by atoms with E-state index in [9.17, 15) is 4.39 Å². The van der Waals surface area contributed by atoms with Crippen molar-refractivity contribution in [2.75, 3.05) is 6.54 Å². The van der Waals surface area contributed by atoms with Crippen LogP contribution in [-0.2, 0) is 0 Å². The van der Waals surface area contributed by atoms with Gasteiger partial charge in [0.15, 0.2) is 0 Å². The molecule has 0 aromatic rings. The van der Waals surface area contributed by atoms with Crippen LogP contribution in [0.5, 0.6) is 0 Å². The summed E-state index contributed by atoms with van der Waals surface area (Å²) in [6.45, 7) is 0.891. The van der Waals surface area contributed by atoms with Gasteiger partial charge < -0.3 is 5.32 Å². The van der Waals surface area contributed by atoms with Gasteiger partial charge in [0.1, 0.15) is 6.17 Å². The second-order valence-electron chi connectivity index (χ2n) is 4.58. The first kappa shape index (κ1) is 9.45. The van der Waals surface area contributed by atoms with E-state index in [1.54, 1.807) is 0 Å². The Morgan fingerprint density at radius 1 is 1.00 bits per heavy atom. The summed E-state index contributed by atoms with van der Waals surface area (Å²) in [5.41, 5.74) is 0. The van der Waals surface area contributed by atoms with Crippen LogP contribution >= 0.6 is 0 Å². The molecule has 76 valence electrons. The minimum atomic E-state index is -0.534. The van der Waals surface area contributed by atoms with Crippen molar-refractivity contribution in [1.29, 1.82) is 0 Å². The molecule has 1 aliphatic heterocycles. The average molecular weight is 185 g/mol. The van der Waals surface area contributed by atoms with E-state index in [2.05, 4.69) is 5.32 Å². The summed E-state index contributed by atoms with van der Waals surface area (Å²) in [7, 11) is 0. The van der Waals surface area contributed by atoms with Crippen molar-refractivity contribution in [2.45, 2.75) is 57.2 Å². The van der Waals surface area contributed by atoms with Gasteiger partial charge in [0, 0.05) is 6.04 Å². The predicted octanol–water partition coefficient (Wildman–Crippen LogP) is 2.66. The third-order valence-electron chi connectivity index (χ3n) is 3.59. The van der Waals surface area contributed by atoms with Crippen LogP contribution in [0, 0.1) is 5.92 Å². The van der Waals surface area contributed by atoms with Crippen LogP contribution in [-0.4, -0.2) is 18.8 Å². The summed E-state index contributed by atoms with van der Waals surface area (Å²) in [6.07, 6.45) is 7.72. The maximum atomic E-state index is 13.1. The molecule has 2 rings (SSSR count). The lowest BCUT2D eigenvalue weighted by Gasteiger charge is -2.35. The molecular weight excluding hydrogens is 165 g/mol. The third kappa shape index (κ3) is 2.43. The van der Waals surface area contributed by atoms with Crippen molar-refractivity contribution in [2.24, 2.45) is 5.92 Å². The van der Waals surface area contributed by atoms with Crippen molar-refractivity contribution in [3.63, 3.8) is 0 Å². The number of alkyl halides is 1. The third-order valence-corrected chi connectivity index (χ3v) is 3.59. The van der Waals surface area contributed by atoms with Crippen molar-refractivity contribution >= 4 is 0 Å². The Morgan fingerprint density at radius 3 is 2.46 bits per heavy atom. The van der Waals surface area contributed by atoms with Gasteiger partial charge in [-0.1, -0.05) is 19.3 Å². The molecule has 0 radical (unpaired) electrons. The average Bonchev–Trinajstić information content (AvgIpc) is 2.19. The number of hydrogen-bond donors (Lipinski definition) is 1. The molecule has 1 nitrogen and oxygen atoms in total. The fourth-order valence-electron chi connectivity index (χ4n) is 2.80. The molecule has 1 heterocycles. The Bertz CT molecular complexity index is 154. The lowest BCUT2D eigenvalue weighted by atomic mass is 9.80. The van der Waals surface area contributed by atoms with Gasteiger partial charge >= 0.3 is 0 Å². The Kier molecular flexibility index (Phi) is 3.20. The van der Waals surface area contributed by atoms with Crippen LogP contribution in [0.3, 0.4) is 0 Å². The molecule has 2 heteroatoms. The fraction of sp³-hybridized carbons (Fsp3) is 1.00. The first-order valence-electron chi connectivity index (χ1n) is 5.74. The highest BCUT2D eigenvalue weighted by Crippen LogP contribution is 2.30. The molecule has 1 saturated carbocycles. The molecule has 1 N–H and O–H groups in total. The van der Waals surface area contributed by atoms with Crippen molar-refractivity contribution in [3.8, 4) is 0 Å². The lowest BCUT2D eigenvalue weighted by Crippen LogP contribution is -2.44. The monoisotopic (exact) mass is 185 g/mol. The maximum absolute atomic E-state index is 13.1. The first-order valence-corrected chi connectivity index (χ1v) is 5.74. The number of piperidine rings is 1. The molecule has 2 unspecified atom stereocenters. The summed E-state index contributed by atoms with van der Waals surface area (Å²) >= 11 is 0. The SMILES string of the molecule is FC1CCNC(C2CCCCC2)C1. The van der Waals surface area contributed by atoms with Crippen LogP contribution in [0.15, 0.2) is 0 Å². The van der Waals surface area contributed by atoms with Crippen molar-refractivity contribution < 1.29 is 4.39 Å². The minimum absolute atomic E-state index is 0.490. The molecule has 0 bridgehead atoms. The molecule has 0 aromatic carbocycles. The maximum Gasteiger partial charge on any atom is 0.103 e. The summed E-state index contributed by atoms with van der Waals surface area (Å²) in [5, 5.41) is 3.48. The Balaban J connectivity index is 1.83. The standard InChI is InChI=1S/C11H20FN/c12-10-6-7-13-11(8-10)9-4-2-1-3-5-9/h9-11,13H,1-8H2. The Morgan fingerprint density at radius 2 is 1.77 bits per heavy atom. The van der Waals surface area contributed by atoms with Gasteiger partial charge in [-0.05, 0) is 38.1 Å². The smallest absolute Gasteiger partial charge is 0.103 e. The van der Waals surface area contributed by atoms with E-state index in [-0.39, 0.29) is 0 Å². The number of nitrogens with one attached hydrogen (secondary N) is 1. The van der Waals surface area contributed by atoms with Gasteiger partial charge in [0.2, 0.25) is 0 Å². The van der Waals surface area contributed by atoms with E-state index in [1.165, 1.54) is 32.1 Å². The van der Waals surface area contributed by atoms with Gasteiger partial charge in [-0.25, -0.2) is 4.39 Å². The zero-order valence-electron chi connectivity index (χ0n) is 8.27. The van der Waals surface area contributed by atoms with E-state index in [0.717, 1.165) is 25.3 Å². The van der Waals surface area contributed by atoms with Crippen LogP contribution in [0.1, 0.15) is 44.9 Å². The van der Waals surface area contributed by atoms with Crippen LogP contribution in [0.2, 0.25) is 0 Å². The summed E-state index contributed by atoms with van der Waals surface area (Å²) in [6, 6.07) is 0.490. The van der Waals surface area contributed by atoms with Crippen LogP contribution < -0.4 is 5.32 Å². The summed E-state index contributed by atoms with van der Waals surface area (Å²) in [4.78, 5) is 0. The molecule has 1 saturated heterocycles. The van der Waals surface area contributed by atoms with Gasteiger partial charge in [-0.15, -0.1) is 0 Å². The first-order chi connectivity index (χ1) is 6.36. The van der Waals surface area contributed by atoms with Crippen LogP contribution in [0.25, 0.3) is 0 Å². The van der Waals surface area contributed by atoms with Gasteiger partial charge in [-0.2, -0.15) is 0 Å². The number of hydrogen-bond acceptors (Lipinski definition) is 1. The zero-order valence-corrected chi connectivity index (χ0v) is 8.27. The Labute approximate surface area is 80.1 Å². The van der Waals surface area contributed by atoms with Gasteiger partial charge in [-0.3, -0.25) is 0 Å². The predicted molar refractivity (Wildman–Crippen MR) is 52.5 cm³/mol. The lowest BCUT2D eigenvalue weighted by molar-refractivity contribution is 0.164. The topological polar surface area (TPSA) is 12.0 Å². The summed E-state index contributed by atoms with van der Waals surface area (Å²) < 4.78 is 13.1. The van der Waals surface area contributed by atoms with E-state index in [4.69, 9.17) is 0 Å². The Hall–Kier alpha value is -0.110. The van der Waals surface area contributed by atoms with Crippen LogP contribution in [0.4, 0.5) is 4.39 Å². The fourth-order valence-corrected chi connectivity index (χ4v) is 2.80. The van der Waals surface area contributed by atoms with Gasteiger partial charge in [0.05, 0.1) is 0 Å². The molecule has 13 heavy (non-hydrogen) atoms. The van der Waals surface area contributed by atoms with E-state index in [0.29, 0.717) is 6.04 Å².